The first-order valence-electron chi connectivity index (χ1n) is 6.23. The minimum atomic E-state index is -4.34. The van der Waals surface area contributed by atoms with Gasteiger partial charge in [-0.15, -0.1) is 0 Å². The molecule has 1 aromatic heterocycles. The Labute approximate surface area is 132 Å². The van der Waals surface area contributed by atoms with Gasteiger partial charge in [0.25, 0.3) is 0 Å². The van der Waals surface area contributed by atoms with E-state index in [1.807, 2.05) is 0 Å². The van der Waals surface area contributed by atoms with Crippen molar-refractivity contribution in [1.29, 1.82) is 0 Å². The lowest BCUT2D eigenvalue weighted by Crippen LogP contribution is -2.37. The number of hydrogen-bond acceptors (Lipinski definition) is 8. The van der Waals surface area contributed by atoms with Gasteiger partial charge in [0.1, 0.15) is 11.6 Å². The molecule has 0 spiro atoms. The number of carbonyl (C=O) groups is 1. The highest BCUT2D eigenvalue weighted by atomic mass is 32.2. The fraction of sp³-hybridized carbons (Fsp3) is 0.167. The van der Waals surface area contributed by atoms with Crippen molar-refractivity contribution in [3.8, 4) is 11.8 Å². The number of nitrogens with zero attached hydrogens (tertiary/aromatic N) is 3. The van der Waals surface area contributed by atoms with Crippen molar-refractivity contribution in [2.24, 2.45) is 0 Å². The van der Waals surface area contributed by atoms with Crippen LogP contribution in [0.1, 0.15) is 5.82 Å². The lowest BCUT2D eigenvalue weighted by molar-refractivity contribution is 0.255. The summed E-state index contributed by atoms with van der Waals surface area (Å²) in [6.07, 6.45) is 0. The normalized spacial score (nSPS) is 10.7. The van der Waals surface area contributed by atoms with Crippen LogP contribution >= 0.6 is 0 Å². The summed E-state index contributed by atoms with van der Waals surface area (Å²) in [4.78, 5) is 23.1. The first kappa shape index (κ1) is 16.4. The monoisotopic (exact) mass is 339 g/mol. The molecule has 23 heavy (non-hydrogen) atoms. The molecular formula is C12H13N5O5S. The van der Waals surface area contributed by atoms with Gasteiger partial charge in [0.15, 0.2) is 0 Å². The van der Waals surface area contributed by atoms with E-state index in [-0.39, 0.29) is 23.5 Å². The van der Waals surface area contributed by atoms with Crippen LogP contribution in [-0.4, -0.2) is 36.5 Å². The van der Waals surface area contributed by atoms with Crippen LogP contribution in [-0.2, 0) is 10.3 Å². The summed E-state index contributed by atoms with van der Waals surface area (Å²) in [6.45, 7) is 1.56. The minimum absolute atomic E-state index is 0.0174. The molecule has 0 radical (unpaired) electrons. The lowest BCUT2D eigenvalue weighted by Gasteiger charge is -2.09. The van der Waals surface area contributed by atoms with Crippen molar-refractivity contribution in [3.05, 3.63) is 36.2 Å². The van der Waals surface area contributed by atoms with Gasteiger partial charge in [-0.25, -0.2) is 9.52 Å². The van der Waals surface area contributed by atoms with E-state index in [2.05, 4.69) is 20.3 Å². The van der Waals surface area contributed by atoms with E-state index in [0.29, 0.717) is 0 Å². The van der Waals surface area contributed by atoms with Crippen molar-refractivity contribution in [3.63, 3.8) is 0 Å². The van der Waals surface area contributed by atoms with Gasteiger partial charge in [0.2, 0.25) is 5.95 Å². The van der Waals surface area contributed by atoms with Crippen molar-refractivity contribution >= 4 is 22.3 Å². The first-order chi connectivity index (χ1) is 10.9. The lowest BCUT2D eigenvalue weighted by atomic mass is 10.3. The predicted molar refractivity (Wildman–Crippen MR) is 79.3 cm³/mol. The maximum Gasteiger partial charge on any atom is 0.411 e. The Kier molecular flexibility index (Phi) is 4.91. The van der Waals surface area contributed by atoms with E-state index >= 15 is 0 Å². The number of anilines is 1. The second kappa shape index (κ2) is 6.87. The molecule has 10 nitrogen and oxygen atoms in total. The Morgan fingerprint density at radius 2 is 1.83 bits per heavy atom. The Morgan fingerprint density at radius 1 is 1.13 bits per heavy atom. The van der Waals surface area contributed by atoms with E-state index in [0.717, 1.165) is 0 Å². The Bertz CT molecular complexity index is 797. The number of ether oxygens (including phenoxy) is 1. The van der Waals surface area contributed by atoms with Crippen molar-refractivity contribution in [2.45, 2.75) is 6.92 Å². The Hall–Kier alpha value is -2.95. The van der Waals surface area contributed by atoms with Crippen LogP contribution in [0.25, 0.3) is 0 Å². The summed E-state index contributed by atoms with van der Waals surface area (Å²) in [5.74, 6) is 0.183. The highest BCUT2D eigenvalue weighted by Crippen LogP contribution is 2.11. The second-order valence-electron chi connectivity index (χ2n) is 4.10. The molecule has 0 aliphatic heterocycles. The van der Waals surface area contributed by atoms with Gasteiger partial charge in [-0.1, -0.05) is 18.2 Å². The number of para-hydroxylation sites is 1. The third-order valence-corrected chi connectivity index (χ3v) is 3.15. The molecule has 0 unspecified atom stereocenters. The molecule has 0 saturated heterocycles. The molecule has 0 bridgehead atoms. The van der Waals surface area contributed by atoms with Crippen LogP contribution in [0.4, 0.5) is 10.7 Å². The number of carbonyl (C=O) groups excluding carboxylic acids is 1. The first-order valence-corrected chi connectivity index (χ1v) is 7.64. The van der Waals surface area contributed by atoms with E-state index in [9.17, 15) is 13.2 Å². The van der Waals surface area contributed by atoms with Gasteiger partial charge in [-0.05, 0) is 19.1 Å². The predicted octanol–water partition coefficient (Wildman–Crippen LogP) is 0.634. The molecular weight excluding hydrogens is 326 g/mol. The molecule has 1 aromatic carbocycles. The van der Waals surface area contributed by atoms with Gasteiger partial charge < -0.3 is 8.92 Å². The molecule has 2 N–H and O–H groups in total. The summed E-state index contributed by atoms with van der Waals surface area (Å²) in [6, 6.07) is 6.62. The van der Waals surface area contributed by atoms with E-state index in [1.54, 1.807) is 29.8 Å². The molecule has 2 aromatic rings. The van der Waals surface area contributed by atoms with Gasteiger partial charge in [-0.2, -0.15) is 23.4 Å². The molecule has 2 amide bonds. The van der Waals surface area contributed by atoms with Crippen molar-refractivity contribution < 1.29 is 22.1 Å². The fourth-order valence-corrected chi connectivity index (χ4v) is 2.15. The van der Waals surface area contributed by atoms with E-state index in [4.69, 9.17) is 8.92 Å². The number of aromatic nitrogens is 3. The molecule has 11 heteroatoms. The van der Waals surface area contributed by atoms with Crippen LogP contribution < -0.4 is 19.0 Å². The minimum Gasteiger partial charge on any atom is -0.467 e. The number of aryl methyl sites for hydroxylation is 1. The SMILES string of the molecule is COc1nc(C)nc(NC(=O)NS(=O)(=O)Oc2ccccc2)n1. The number of urea groups is 1. The zero-order valence-electron chi connectivity index (χ0n) is 12.2. The average Bonchev–Trinajstić information content (AvgIpc) is 2.46. The smallest absolute Gasteiger partial charge is 0.411 e. The summed E-state index contributed by atoms with van der Waals surface area (Å²) in [7, 11) is -3.00. The van der Waals surface area contributed by atoms with E-state index in [1.165, 1.54) is 19.2 Å². The highest BCUT2D eigenvalue weighted by Gasteiger charge is 2.18. The summed E-state index contributed by atoms with van der Waals surface area (Å²) in [5, 5.41) is 2.15. The average molecular weight is 339 g/mol. The Balaban J connectivity index is 2.03. The number of rotatable bonds is 5. The molecule has 0 atom stereocenters. The number of nitrogens with one attached hydrogen (secondary N) is 2. The van der Waals surface area contributed by atoms with Crippen molar-refractivity contribution in [1.82, 2.24) is 19.7 Å². The fourth-order valence-electron chi connectivity index (χ4n) is 1.47. The van der Waals surface area contributed by atoms with Crippen LogP contribution in [0.5, 0.6) is 11.8 Å². The third kappa shape index (κ3) is 5.07. The zero-order valence-corrected chi connectivity index (χ0v) is 13.0. The van der Waals surface area contributed by atoms with Gasteiger partial charge in [0, 0.05) is 0 Å². The molecule has 122 valence electrons. The Morgan fingerprint density at radius 3 is 2.48 bits per heavy atom. The maximum atomic E-state index is 11.7. The standard InChI is InChI=1S/C12H13N5O5S/c1-8-13-10(16-12(14-8)21-2)15-11(18)17-23(19,20)22-9-6-4-3-5-7-9/h3-7H,1-2H3,(H2,13,14,15,16,17,18). The third-order valence-electron chi connectivity index (χ3n) is 2.30. The highest BCUT2D eigenvalue weighted by molar-refractivity contribution is 7.85. The van der Waals surface area contributed by atoms with Crippen LogP contribution in [0.15, 0.2) is 30.3 Å². The van der Waals surface area contributed by atoms with Gasteiger partial charge in [-0.3, -0.25) is 5.32 Å². The summed E-state index contributed by atoms with van der Waals surface area (Å²) < 4.78 is 34.6. The second-order valence-corrected chi connectivity index (χ2v) is 5.38. The van der Waals surface area contributed by atoms with Gasteiger partial charge in [0.05, 0.1) is 7.11 Å². The van der Waals surface area contributed by atoms with Crippen LogP contribution in [0.2, 0.25) is 0 Å². The molecule has 1 heterocycles. The molecule has 0 saturated carbocycles. The van der Waals surface area contributed by atoms with E-state index < -0.39 is 16.3 Å². The molecule has 2 rings (SSSR count). The number of amides is 2. The van der Waals surface area contributed by atoms with Crippen LogP contribution in [0.3, 0.4) is 0 Å². The topological polar surface area (TPSA) is 132 Å². The quantitative estimate of drug-likeness (QED) is 0.810. The summed E-state index contributed by atoms with van der Waals surface area (Å²) in [5.41, 5.74) is 0. The molecule has 0 fully saturated rings. The largest absolute Gasteiger partial charge is 0.467 e. The maximum absolute atomic E-state index is 11.7. The number of methoxy groups -OCH3 is 1. The molecule has 0 aliphatic carbocycles. The number of hydrogen-bond donors (Lipinski definition) is 2. The van der Waals surface area contributed by atoms with Gasteiger partial charge >= 0.3 is 22.3 Å². The number of benzene rings is 1. The van der Waals surface area contributed by atoms with Crippen molar-refractivity contribution in [2.75, 3.05) is 12.4 Å². The summed E-state index contributed by atoms with van der Waals surface area (Å²) >= 11 is 0. The zero-order chi connectivity index (χ0) is 16.9. The molecule has 0 aliphatic rings. The van der Waals surface area contributed by atoms with Crippen LogP contribution in [0, 0.1) is 6.92 Å².